The first-order chi connectivity index (χ1) is 8.60. The second kappa shape index (κ2) is 5.00. The maximum atomic E-state index is 13.7. The molecule has 0 radical (unpaired) electrons. The minimum atomic E-state index is -0.497. The molecule has 94 valence electrons. The third kappa shape index (κ3) is 2.56. The average molecular weight is 248 g/mol. The fraction of sp³-hybridized carbons (Fsp3) is 0.231. The zero-order valence-electron chi connectivity index (χ0n) is 9.92. The summed E-state index contributed by atoms with van der Waals surface area (Å²) in [5.74, 6) is -0.999. The molecular weight excluding hydrogens is 235 g/mol. The zero-order valence-corrected chi connectivity index (χ0v) is 9.92. The summed E-state index contributed by atoms with van der Waals surface area (Å²) >= 11 is 0. The minimum Gasteiger partial charge on any atom is -0.326 e. The SMILES string of the molecule is CC=CC(=O)Nc1cc2c(cc1F)CCC(=O)N2. The fourth-order valence-electron chi connectivity index (χ4n) is 1.82. The fourth-order valence-corrected chi connectivity index (χ4v) is 1.82. The molecule has 0 bridgehead atoms. The highest BCUT2D eigenvalue weighted by atomic mass is 19.1. The van der Waals surface area contributed by atoms with Crippen molar-refractivity contribution in [3.05, 3.63) is 35.7 Å². The van der Waals surface area contributed by atoms with Crippen LogP contribution in [-0.2, 0) is 16.0 Å². The lowest BCUT2D eigenvalue weighted by molar-refractivity contribution is -0.116. The van der Waals surface area contributed by atoms with E-state index in [4.69, 9.17) is 0 Å². The van der Waals surface area contributed by atoms with Crippen LogP contribution >= 0.6 is 0 Å². The van der Waals surface area contributed by atoms with Gasteiger partial charge in [-0.15, -0.1) is 0 Å². The average Bonchev–Trinajstić information content (AvgIpc) is 2.31. The Kier molecular flexibility index (Phi) is 3.41. The first-order valence-electron chi connectivity index (χ1n) is 5.66. The van der Waals surface area contributed by atoms with Crippen LogP contribution in [0.2, 0.25) is 0 Å². The van der Waals surface area contributed by atoms with Crippen LogP contribution in [0.3, 0.4) is 0 Å². The number of hydrogen-bond donors (Lipinski definition) is 2. The number of nitrogens with one attached hydrogen (secondary N) is 2. The van der Waals surface area contributed by atoms with Gasteiger partial charge in [-0.1, -0.05) is 6.08 Å². The third-order valence-corrected chi connectivity index (χ3v) is 2.66. The third-order valence-electron chi connectivity index (χ3n) is 2.66. The van der Waals surface area contributed by atoms with Crippen LogP contribution < -0.4 is 10.6 Å². The molecule has 0 saturated heterocycles. The van der Waals surface area contributed by atoms with Crippen LogP contribution in [0, 0.1) is 5.82 Å². The molecule has 1 aliphatic rings. The number of carbonyl (C=O) groups is 2. The Morgan fingerprint density at radius 1 is 1.44 bits per heavy atom. The van der Waals surface area contributed by atoms with Crippen molar-refractivity contribution in [3.63, 3.8) is 0 Å². The number of halogens is 1. The summed E-state index contributed by atoms with van der Waals surface area (Å²) < 4.78 is 13.7. The zero-order chi connectivity index (χ0) is 13.1. The van der Waals surface area contributed by atoms with E-state index >= 15 is 0 Å². The van der Waals surface area contributed by atoms with Crippen LogP contribution in [0.1, 0.15) is 18.9 Å². The summed E-state index contributed by atoms with van der Waals surface area (Å²) in [4.78, 5) is 22.6. The summed E-state index contributed by atoms with van der Waals surface area (Å²) in [6.07, 6.45) is 3.74. The summed E-state index contributed by atoms with van der Waals surface area (Å²) in [5, 5.41) is 5.08. The van der Waals surface area contributed by atoms with Gasteiger partial charge in [-0.2, -0.15) is 0 Å². The highest BCUT2D eigenvalue weighted by molar-refractivity contribution is 6.00. The van der Waals surface area contributed by atoms with Crippen molar-refractivity contribution in [3.8, 4) is 0 Å². The number of carbonyl (C=O) groups excluding carboxylic acids is 2. The van der Waals surface area contributed by atoms with Gasteiger partial charge in [-0.05, 0) is 37.1 Å². The van der Waals surface area contributed by atoms with Crippen molar-refractivity contribution >= 4 is 23.2 Å². The maximum absolute atomic E-state index is 13.7. The number of fused-ring (bicyclic) bond motifs is 1. The molecule has 0 fully saturated rings. The van der Waals surface area contributed by atoms with Gasteiger partial charge in [0.15, 0.2) is 0 Å². The van der Waals surface area contributed by atoms with Gasteiger partial charge in [0.2, 0.25) is 11.8 Å². The van der Waals surface area contributed by atoms with Crippen LogP contribution in [-0.4, -0.2) is 11.8 Å². The van der Waals surface area contributed by atoms with Crippen molar-refractivity contribution in [2.45, 2.75) is 19.8 Å². The second-order valence-electron chi connectivity index (χ2n) is 4.03. The number of anilines is 2. The van der Waals surface area contributed by atoms with E-state index in [1.54, 1.807) is 13.0 Å². The first kappa shape index (κ1) is 12.3. The van der Waals surface area contributed by atoms with Gasteiger partial charge in [0.05, 0.1) is 5.69 Å². The highest BCUT2D eigenvalue weighted by Gasteiger charge is 2.17. The predicted molar refractivity (Wildman–Crippen MR) is 66.8 cm³/mol. The molecule has 2 amide bonds. The highest BCUT2D eigenvalue weighted by Crippen LogP contribution is 2.28. The van der Waals surface area contributed by atoms with E-state index in [0.717, 1.165) is 5.56 Å². The van der Waals surface area contributed by atoms with E-state index < -0.39 is 11.7 Å². The molecule has 5 heteroatoms. The Labute approximate surface area is 104 Å². The summed E-state index contributed by atoms with van der Waals surface area (Å²) in [6, 6.07) is 2.79. The normalized spacial score (nSPS) is 14.2. The Hall–Kier alpha value is -2.17. The quantitative estimate of drug-likeness (QED) is 0.788. The number of hydrogen-bond acceptors (Lipinski definition) is 2. The summed E-state index contributed by atoms with van der Waals surface area (Å²) in [7, 11) is 0. The molecule has 0 saturated carbocycles. The van der Waals surface area contributed by atoms with Gasteiger partial charge in [-0.25, -0.2) is 4.39 Å². The van der Waals surface area contributed by atoms with E-state index in [9.17, 15) is 14.0 Å². The van der Waals surface area contributed by atoms with E-state index in [1.165, 1.54) is 18.2 Å². The van der Waals surface area contributed by atoms with Crippen LogP contribution in [0.25, 0.3) is 0 Å². The van der Waals surface area contributed by atoms with Gasteiger partial charge >= 0.3 is 0 Å². The monoisotopic (exact) mass is 248 g/mol. The largest absolute Gasteiger partial charge is 0.326 e. The standard InChI is InChI=1S/C13H13FN2O2/c1-2-3-12(17)16-11-7-10-8(6-9(11)14)4-5-13(18)15-10/h2-3,6-7H,4-5H2,1H3,(H,15,18)(H,16,17). The maximum Gasteiger partial charge on any atom is 0.248 e. The second-order valence-corrected chi connectivity index (χ2v) is 4.03. The van der Waals surface area contributed by atoms with E-state index in [2.05, 4.69) is 10.6 Å². The molecule has 1 aromatic carbocycles. The first-order valence-corrected chi connectivity index (χ1v) is 5.66. The van der Waals surface area contributed by atoms with Gasteiger partial charge in [-0.3, -0.25) is 9.59 Å². The van der Waals surface area contributed by atoms with Crippen molar-refractivity contribution in [2.75, 3.05) is 10.6 Å². The van der Waals surface area contributed by atoms with Crippen LogP contribution in [0.15, 0.2) is 24.3 Å². The Bertz CT molecular complexity index is 538. The molecule has 0 aromatic heterocycles. The molecule has 1 heterocycles. The number of allylic oxidation sites excluding steroid dienone is 1. The lowest BCUT2D eigenvalue weighted by Crippen LogP contribution is -2.20. The van der Waals surface area contributed by atoms with Crippen LogP contribution in [0.5, 0.6) is 0 Å². The molecule has 1 aliphatic heterocycles. The molecule has 0 atom stereocenters. The van der Waals surface area contributed by atoms with E-state index in [0.29, 0.717) is 18.5 Å². The number of benzene rings is 1. The van der Waals surface area contributed by atoms with Crippen molar-refractivity contribution in [2.24, 2.45) is 0 Å². The predicted octanol–water partition coefficient (Wildman–Crippen LogP) is 2.22. The molecular formula is C13H13FN2O2. The van der Waals surface area contributed by atoms with Crippen molar-refractivity contribution in [1.29, 1.82) is 0 Å². The molecule has 2 N–H and O–H groups in total. The number of aryl methyl sites for hydroxylation is 1. The molecule has 0 unspecified atom stereocenters. The van der Waals surface area contributed by atoms with Crippen LogP contribution in [0.4, 0.5) is 15.8 Å². The summed E-state index contributed by atoms with van der Waals surface area (Å²) in [5.41, 5.74) is 1.37. The van der Waals surface area contributed by atoms with Gasteiger partial charge in [0.25, 0.3) is 0 Å². The van der Waals surface area contributed by atoms with Gasteiger partial charge < -0.3 is 10.6 Å². The van der Waals surface area contributed by atoms with E-state index in [1.807, 2.05) is 0 Å². The molecule has 0 spiro atoms. The topological polar surface area (TPSA) is 58.2 Å². The molecule has 0 aliphatic carbocycles. The number of amides is 2. The lowest BCUT2D eigenvalue weighted by Gasteiger charge is -2.18. The Morgan fingerprint density at radius 2 is 2.22 bits per heavy atom. The number of rotatable bonds is 2. The Balaban J connectivity index is 2.29. The molecule has 2 rings (SSSR count). The molecule has 18 heavy (non-hydrogen) atoms. The minimum absolute atomic E-state index is 0.0686. The smallest absolute Gasteiger partial charge is 0.248 e. The molecule has 1 aromatic rings. The van der Waals surface area contributed by atoms with Crippen molar-refractivity contribution < 1.29 is 14.0 Å². The van der Waals surface area contributed by atoms with Gasteiger partial charge in [0.1, 0.15) is 5.82 Å². The van der Waals surface area contributed by atoms with E-state index in [-0.39, 0.29) is 11.6 Å². The van der Waals surface area contributed by atoms with Gasteiger partial charge in [0, 0.05) is 12.1 Å². The molecule has 4 nitrogen and oxygen atoms in total. The lowest BCUT2D eigenvalue weighted by atomic mass is 10.0. The Morgan fingerprint density at radius 3 is 2.94 bits per heavy atom. The summed E-state index contributed by atoms with van der Waals surface area (Å²) in [6.45, 7) is 1.70. The van der Waals surface area contributed by atoms with Crippen molar-refractivity contribution in [1.82, 2.24) is 0 Å².